The summed E-state index contributed by atoms with van der Waals surface area (Å²) in [5.41, 5.74) is 3.18. The van der Waals surface area contributed by atoms with Crippen molar-refractivity contribution in [1.82, 2.24) is 4.57 Å². The minimum Gasteiger partial charge on any atom is -0.493 e. The van der Waals surface area contributed by atoms with Crippen molar-refractivity contribution in [2.45, 2.75) is 19.6 Å². The predicted octanol–water partition coefficient (Wildman–Crippen LogP) is 7.48. The summed E-state index contributed by atoms with van der Waals surface area (Å²) in [7, 11) is 1.55. The van der Waals surface area contributed by atoms with Crippen molar-refractivity contribution < 1.29 is 19.0 Å². The lowest BCUT2D eigenvalue weighted by molar-refractivity contribution is -0.138. The average molecular weight is 706 g/mol. The molecule has 0 bridgehead atoms. The lowest BCUT2D eigenvalue weighted by atomic mass is 9.93. The summed E-state index contributed by atoms with van der Waals surface area (Å²) < 4.78 is 19.3. The predicted molar refractivity (Wildman–Crippen MR) is 186 cm³/mol. The van der Waals surface area contributed by atoms with E-state index in [-0.39, 0.29) is 24.3 Å². The summed E-state index contributed by atoms with van der Waals surface area (Å²) in [5, 5.41) is 1.39. The number of rotatable bonds is 9. The first-order valence-electron chi connectivity index (χ1n) is 14.6. The Balaban J connectivity index is 1.54. The van der Waals surface area contributed by atoms with E-state index in [0.29, 0.717) is 52.7 Å². The van der Waals surface area contributed by atoms with Gasteiger partial charge in [-0.3, -0.25) is 9.36 Å². The third kappa shape index (κ3) is 6.73. The molecular formula is C36H27Cl3N2O5S. The van der Waals surface area contributed by atoms with Gasteiger partial charge in [-0.1, -0.05) is 107 Å². The number of carbonyl (C=O) groups is 1. The Morgan fingerprint density at radius 3 is 2.43 bits per heavy atom. The molecule has 0 aliphatic carbocycles. The standard InChI is InChI=1S/C36H27Cl3N2O5S/c1-3-45-35(43)30-31(22-8-5-4-6-9-22)40-36-41(32(30)23-13-15-25(37)16-14-23)34(42)29(47-36)19-24-10-7-11-28(44-2)33(24)46-20-21-12-17-26(38)27(39)18-21/h4-19,32H,3,20H2,1-2H3/b29-19-/t32-/m1/s1. The van der Waals surface area contributed by atoms with Crippen molar-refractivity contribution in [3.05, 3.63) is 154 Å². The van der Waals surface area contributed by atoms with Crippen LogP contribution in [-0.4, -0.2) is 24.3 Å². The van der Waals surface area contributed by atoms with Crippen LogP contribution in [0.25, 0.3) is 11.8 Å². The van der Waals surface area contributed by atoms with Gasteiger partial charge in [0, 0.05) is 16.1 Å². The van der Waals surface area contributed by atoms with Gasteiger partial charge in [-0.15, -0.1) is 0 Å². The number of thiazole rings is 1. The van der Waals surface area contributed by atoms with Gasteiger partial charge >= 0.3 is 5.97 Å². The summed E-state index contributed by atoms with van der Waals surface area (Å²) in [6.07, 6.45) is 1.74. The number of hydrogen-bond donors (Lipinski definition) is 0. The molecule has 0 saturated heterocycles. The summed E-state index contributed by atoms with van der Waals surface area (Å²) in [5.74, 6) is 0.370. The number of para-hydroxylation sites is 1. The van der Waals surface area contributed by atoms with Gasteiger partial charge in [0.25, 0.3) is 5.56 Å². The molecule has 11 heteroatoms. The fraction of sp³-hybridized carbons (Fsp3) is 0.139. The molecule has 1 aliphatic heterocycles. The Kier molecular flexibility index (Phi) is 9.84. The summed E-state index contributed by atoms with van der Waals surface area (Å²) >= 11 is 19.8. The molecule has 0 unspecified atom stereocenters. The van der Waals surface area contributed by atoms with E-state index in [1.54, 1.807) is 62.6 Å². The zero-order valence-corrected chi connectivity index (χ0v) is 28.3. The molecule has 238 valence electrons. The van der Waals surface area contributed by atoms with Gasteiger partial charge in [-0.25, -0.2) is 9.79 Å². The van der Waals surface area contributed by atoms with Crippen molar-refractivity contribution in [1.29, 1.82) is 0 Å². The largest absolute Gasteiger partial charge is 0.493 e. The van der Waals surface area contributed by atoms with Crippen LogP contribution in [0.1, 0.15) is 35.2 Å². The fourth-order valence-electron chi connectivity index (χ4n) is 5.29. The molecule has 1 aromatic heterocycles. The SMILES string of the molecule is CCOC(=O)C1=C(c2ccccc2)N=c2s/c(=C\c3cccc(OC)c3OCc3ccc(Cl)c(Cl)c3)c(=O)n2[C@@H]1c1ccc(Cl)cc1. The van der Waals surface area contributed by atoms with Crippen LogP contribution in [0.15, 0.2) is 106 Å². The van der Waals surface area contributed by atoms with Gasteiger partial charge in [0.05, 0.1) is 45.6 Å². The molecular weight excluding hydrogens is 679 g/mol. The highest BCUT2D eigenvalue weighted by atomic mass is 35.5. The molecule has 2 heterocycles. The van der Waals surface area contributed by atoms with Crippen molar-refractivity contribution in [3.63, 3.8) is 0 Å². The Morgan fingerprint density at radius 2 is 1.72 bits per heavy atom. The van der Waals surface area contributed by atoms with Crippen LogP contribution in [0.3, 0.4) is 0 Å². The average Bonchev–Trinajstić information content (AvgIpc) is 3.39. The highest BCUT2D eigenvalue weighted by Gasteiger charge is 2.35. The van der Waals surface area contributed by atoms with Gasteiger partial charge in [0.15, 0.2) is 16.3 Å². The number of aromatic nitrogens is 1. The molecule has 0 spiro atoms. The summed E-state index contributed by atoms with van der Waals surface area (Å²) in [4.78, 5) is 33.3. The van der Waals surface area contributed by atoms with Crippen molar-refractivity contribution in [2.75, 3.05) is 13.7 Å². The molecule has 0 amide bonds. The van der Waals surface area contributed by atoms with Crippen LogP contribution in [-0.2, 0) is 16.1 Å². The lowest BCUT2D eigenvalue weighted by Crippen LogP contribution is -2.40. The van der Waals surface area contributed by atoms with E-state index >= 15 is 0 Å². The van der Waals surface area contributed by atoms with Crippen molar-refractivity contribution in [2.24, 2.45) is 4.99 Å². The number of fused-ring (bicyclic) bond motifs is 1. The van der Waals surface area contributed by atoms with Crippen molar-refractivity contribution >= 4 is 63.9 Å². The molecule has 0 saturated carbocycles. The third-order valence-electron chi connectivity index (χ3n) is 7.44. The number of hydrogen-bond acceptors (Lipinski definition) is 7. The maximum absolute atomic E-state index is 14.3. The smallest absolute Gasteiger partial charge is 0.338 e. The number of ether oxygens (including phenoxy) is 3. The normalized spacial score (nSPS) is 14.4. The molecule has 4 aromatic carbocycles. The number of esters is 1. The fourth-order valence-corrected chi connectivity index (χ4v) is 6.73. The zero-order valence-electron chi connectivity index (χ0n) is 25.2. The molecule has 7 nitrogen and oxygen atoms in total. The maximum atomic E-state index is 14.3. The van der Waals surface area contributed by atoms with Gasteiger partial charge in [-0.2, -0.15) is 0 Å². The van der Waals surface area contributed by atoms with Crippen LogP contribution >= 0.6 is 46.1 Å². The topological polar surface area (TPSA) is 79.1 Å². The number of halogens is 3. The maximum Gasteiger partial charge on any atom is 0.338 e. The van der Waals surface area contributed by atoms with Gasteiger partial charge in [0.2, 0.25) is 0 Å². The first-order chi connectivity index (χ1) is 22.8. The number of carbonyl (C=O) groups excluding carboxylic acids is 1. The quantitative estimate of drug-likeness (QED) is 0.149. The zero-order chi connectivity index (χ0) is 33.1. The van der Waals surface area contributed by atoms with E-state index < -0.39 is 12.0 Å². The van der Waals surface area contributed by atoms with Crippen LogP contribution in [0.4, 0.5) is 0 Å². The van der Waals surface area contributed by atoms with E-state index in [0.717, 1.165) is 11.1 Å². The third-order valence-corrected chi connectivity index (χ3v) is 9.42. The molecule has 1 aliphatic rings. The van der Waals surface area contributed by atoms with Gasteiger partial charge in [0.1, 0.15) is 6.61 Å². The lowest BCUT2D eigenvalue weighted by Gasteiger charge is -2.26. The first kappa shape index (κ1) is 32.6. The highest BCUT2D eigenvalue weighted by Crippen LogP contribution is 2.36. The van der Waals surface area contributed by atoms with Crippen LogP contribution in [0.5, 0.6) is 11.5 Å². The molecule has 1 atom stereocenters. The van der Waals surface area contributed by atoms with Crippen LogP contribution in [0.2, 0.25) is 15.1 Å². The second-order valence-corrected chi connectivity index (χ2v) is 12.7. The van der Waals surface area contributed by atoms with Crippen LogP contribution < -0.4 is 24.4 Å². The van der Waals surface area contributed by atoms with E-state index in [4.69, 9.17) is 54.0 Å². The number of benzene rings is 4. The molecule has 5 aromatic rings. The monoisotopic (exact) mass is 704 g/mol. The number of nitrogens with zero attached hydrogens (tertiary/aromatic N) is 2. The van der Waals surface area contributed by atoms with Gasteiger partial charge < -0.3 is 14.2 Å². The molecule has 0 fully saturated rings. The Bertz CT molecular complexity index is 2180. The molecule has 6 rings (SSSR count). The molecule has 0 N–H and O–H groups in total. The van der Waals surface area contributed by atoms with E-state index in [1.807, 2.05) is 48.5 Å². The second kappa shape index (κ2) is 14.2. The van der Waals surface area contributed by atoms with Crippen molar-refractivity contribution in [3.8, 4) is 11.5 Å². The highest BCUT2D eigenvalue weighted by molar-refractivity contribution is 7.07. The van der Waals surface area contributed by atoms with Crippen LogP contribution in [0, 0.1) is 0 Å². The van der Waals surface area contributed by atoms with E-state index in [2.05, 4.69) is 0 Å². The number of methoxy groups -OCH3 is 1. The molecule has 47 heavy (non-hydrogen) atoms. The molecule has 0 radical (unpaired) electrons. The summed E-state index contributed by atoms with van der Waals surface area (Å²) in [6.45, 7) is 2.07. The minimum absolute atomic E-state index is 0.156. The Labute approximate surface area is 289 Å². The Hall–Kier alpha value is -4.34. The second-order valence-electron chi connectivity index (χ2n) is 10.4. The summed E-state index contributed by atoms with van der Waals surface area (Å²) in [6, 6.07) is 26.3. The first-order valence-corrected chi connectivity index (χ1v) is 16.5. The Morgan fingerprint density at radius 1 is 0.957 bits per heavy atom. The van der Waals surface area contributed by atoms with E-state index in [9.17, 15) is 9.59 Å². The van der Waals surface area contributed by atoms with Gasteiger partial charge in [-0.05, 0) is 54.5 Å². The minimum atomic E-state index is -0.824. The van der Waals surface area contributed by atoms with E-state index in [1.165, 1.54) is 15.9 Å².